The molecule has 0 spiro atoms. The highest BCUT2D eigenvalue weighted by molar-refractivity contribution is 6.07. The van der Waals surface area contributed by atoms with Crippen LogP contribution in [0.2, 0.25) is 0 Å². The summed E-state index contributed by atoms with van der Waals surface area (Å²) in [5.41, 5.74) is 1.24. The van der Waals surface area contributed by atoms with Gasteiger partial charge >= 0.3 is 6.03 Å². The third kappa shape index (κ3) is 3.77. The highest BCUT2D eigenvalue weighted by atomic mass is 16.5. The standard InChI is InChI=1S/C18H28N6O3/c1-11-14(12(2)27-23-11)5-8-20-16(19-4)24-9-6-13(7-10-24)18(3)15(25)21-17(26)22-18/h13H,5-10H2,1-4H3,(H,19,20)(H2,21,22,25,26). The first-order valence-corrected chi connectivity index (χ1v) is 9.36. The minimum Gasteiger partial charge on any atom is -0.361 e. The number of imide groups is 1. The second kappa shape index (κ2) is 7.58. The van der Waals surface area contributed by atoms with E-state index >= 15 is 0 Å². The van der Waals surface area contributed by atoms with Crippen molar-refractivity contribution in [1.82, 2.24) is 26.0 Å². The van der Waals surface area contributed by atoms with Crippen molar-refractivity contribution in [3.63, 3.8) is 0 Å². The Kier molecular flexibility index (Phi) is 5.38. The maximum Gasteiger partial charge on any atom is 0.322 e. The Bertz CT molecular complexity index is 731. The minimum absolute atomic E-state index is 0.112. The number of aliphatic imine (C=N–C) groups is 1. The smallest absolute Gasteiger partial charge is 0.322 e. The van der Waals surface area contributed by atoms with E-state index in [0.717, 1.165) is 61.9 Å². The molecule has 148 valence electrons. The van der Waals surface area contributed by atoms with Crippen molar-refractivity contribution in [3.05, 3.63) is 17.0 Å². The van der Waals surface area contributed by atoms with Crippen molar-refractivity contribution in [1.29, 1.82) is 0 Å². The number of guanidine groups is 1. The van der Waals surface area contributed by atoms with Gasteiger partial charge < -0.3 is 20.1 Å². The van der Waals surface area contributed by atoms with Gasteiger partial charge in [-0.15, -0.1) is 0 Å². The summed E-state index contributed by atoms with van der Waals surface area (Å²) in [6, 6.07) is -0.401. The molecule has 3 amide bonds. The van der Waals surface area contributed by atoms with Crippen molar-refractivity contribution < 1.29 is 14.1 Å². The zero-order chi connectivity index (χ0) is 19.6. The van der Waals surface area contributed by atoms with Crippen LogP contribution in [-0.2, 0) is 11.2 Å². The first-order valence-electron chi connectivity index (χ1n) is 9.36. The van der Waals surface area contributed by atoms with Gasteiger partial charge in [0.05, 0.1) is 5.69 Å². The topological polar surface area (TPSA) is 112 Å². The molecular weight excluding hydrogens is 348 g/mol. The zero-order valence-electron chi connectivity index (χ0n) is 16.4. The molecule has 1 aromatic heterocycles. The first-order chi connectivity index (χ1) is 12.8. The van der Waals surface area contributed by atoms with Crippen LogP contribution in [0, 0.1) is 19.8 Å². The number of nitrogens with zero attached hydrogens (tertiary/aromatic N) is 3. The molecule has 1 unspecified atom stereocenters. The SMILES string of the molecule is CN=C(NCCc1c(C)noc1C)N1CCC(C2(C)NC(=O)NC2=O)CC1. The zero-order valence-corrected chi connectivity index (χ0v) is 16.4. The quantitative estimate of drug-likeness (QED) is 0.406. The summed E-state index contributed by atoms with van der Waals surface area (Å²) in [7, 11) is 1.77. The number of urea groups is 1. The van der Waals surface area contributed by atoms with Gasteiger partial charge in [-0.2, -0.15) is 0 Å². The average molecular weight is 376 g/mol. The van der Waals surface area contributed by atoms with Crippen LogP contribution in [0.15, 0.2) is 9.52 Å². The molecule has 0 aromatic carbocycles. The van der Waals surface area contributed by atoms with Gasteiger partial charge in [0.25, 0.3) is 5.91 Å². The molecular formula is C18H28N6O3. The fourth-order valence-electron chi connectivity index (χ4n) is 4.00. The van der Waals surface area contributed by atoms with Crippen molar-refractivity contribution in [3.8, 4) is 0 Å². The minimum atomic E-state index is -0.816. The maximum atomic E-state index is 12.1. The molecule has 9 heteroatoms. The second-order valence-corrected chi connectivity index (χ2v) is 7.40. The van der Waals surface area contributed by atoms with E-state index in [0.29, 0.717) is 0 Å². The Balaban J connectivity index is 1.52. The van der Waals surface area contributed by atoms with E-state index in [1.165, 1.54) is 0 Å². The lowest BCUT2D eigenvalue weighted by Gasteiger charge is -2.39. The Morgan fingerprint density at radius 2 is 2.07 bits per heavy atom. The summed E-state index contributed by atoms with van der Waals surface area (Å²) in [4.78, 5) is 30.2. The molecule has 2 saturated heterocycles. The molecule has 3 rings (SSSR count). The monoisotopic (exact) mass is 376 g/mol. The van der Waals surface area contributed by atoms with Crippen molar-refractivity contribution in [2.24, 2.45) is 10.9 Å². The molecule has 0 bridgehead atoms. The summed E-state index contributed by atoms with van der Waals surface area (Å²) in [5, 5.41) is 12.5. The molecule has 0 aliphatic carbocycles. The molecule has 9 nitrogen and oxygen atoms in total. The third-order valence-corrected chi connectivity index (χ3v) is 5.73. The van der Waals surface area contributed by atoms with Gasteiger partial charge in [-0.05, 0) is 46.0 Å². The normalized spacial score (nSPS) is 24.1. The van der Waals surface area contributed by atoms with E-state index in [-0.39, 0.29) is 11.8 Å². The van der Waals surface area contributed by atoms with Crippen molar-refractivity contribution in [2.75, 3.05) is 26.7 Å². The molecule has 2 aliphatic rings. The first kappa shape index (κ1) is 19.2. The molecule has 1 atom stereocenters. The summed E-state index contributed by atoms with van der Waals surface area (Å²) in [5.74, 6) is 1.59. The Morgan fingerprint density at radius 3 is 2.59 bits per heavy atom. The number of nitrogens with one attached hydrogen (secondary N) is 3. The van der Waals surface area contributed by atoms with Crippen molar-refractivity contribution >= 4 is 17.9 Å². The van der Waals surface area contributed by atoms with Crippen LogP contribution in [0.5, 0.6) is 0 Å². The summed E-state index contributed by atoms with van der Waals surface area (Å²) < 4.78 is 5.20. The predicted molar refractivity (Wildman–Crippen MR) is 100 cm³/mol. The van der Waals surface area contributed by atoms with Crippen LogP contribution >= 0.6 is 0 Å². The molecule has 3 N–H and O–H groups in total. The van der Waals surface area contributed by atoms with E-state index in [9.17, 15) is 9.59 Å². The van der Waals surface area contributed by atoms with E-state index in [4.69, 9.17) is 4.52 Å². The van der Waals surface area contributed by atoms with E-state index in [1.54, 1.807) is 7.05 Å². The molecule has 2 fully saturated rings. The molecule has 0 saturated carbocycles. The summed E-state index contributed by atoms with van der Waals surface area (Å²) >= 11 is 0. The maximum absolute atomic E-state index is 12.1. The number of amides is 3. The van der Waals surface area contributed by atoms with E-state index in [2.05, 4.69) is 31.0 Å². The lowest BCUT2D eigenvalue weighted by atomic mass is 9.79. The van der Waals surface area contributed by atoms with Crippen LogP contribution in [-0.4, -0.2) is 60.2 Å². The number of piperidine rings is 1. The predicted octanol–water partition coefficient (Wildman–Crippen LogP) is 0.719. The number of carbonyl (C=O) groups excluding carboxylic acids is 2. The molecule has 27 heavy (non-hydrogen) atoms. The molecule has 1 aromatic rings. The number of hydrogen-bond donors (Lipinski definition) is 3. The second-order valence-electron chi connectivity index (χ2n) is 7.40. The summed E-state index contributed by atoms with van der Waals surface area (Å²) in [6.07, 6.45) is 2.45. The lowest BCUT2D eigenvalue weighted by molar-refractivity contribution is -0.125. The van der Waals surface area contributed by atoms with Gasteiger partial charge in [0, 0.05) is 32.2 Å². The molecule has 0 radical (unpaired) electrons. The number of rotatable bonds is 4. The van der Waals surface area contributed by atoms with Gasteiger partial charge in [-0.1, -0.05) is 5.16 Å². The lowest BCUT2D eigenvalue weighted by Crippen LogP contribution is -2.55. The fourth-order valence-corrected chi connectivity index (χ4v) is 4.00. The number of aryl methyl sites for hydroxylation is 2. The van der Waals surface area contributed by atoms with Gasteiger partial charge in [0.1, 0.15) is 11.3 Å². The van der Waals surface area contributed by atoms with Crippen LogP contribution in [0.1, 0.15) is 36.8 Å². The molecule has 2 aliphatic heterocycles. The molecule has 3 heterocycles. The Hall–Kier alpha value is -2.58. The Labute approximate surface area is 158 Å². The highest BCUT2D eigenvalue weighted by Crippen LogP contribution is 2.30. The van der Waals surface area contributed by atoms with Crippen LogP contribution in [0.25, 0.3) is 0 Å². The van der Waals surface area contributed by atoms with Crippen LogP contribution < -0.4 is 16.0 Å². The average Bonchev–Trinajstić information content (AvgIpc) is 3.10. The summed E-state index contributed by atoms with van der Waals surface area (Å²) in [6.45, 7) is 8.00. The third-order valence-electron chi connectivity index (χ3n) is 5.73. The van der Waals surface area contributed by atoms with E-state index < -0.39 is 11.6 Å². The van der Waals surface area contributed by atoms with Crippen molar-refractivity contribution in [2.45, 2.75) is 45.6 Å². The van der Waals surface area contributed by atoms with Gasteiger partial charge in [-0.25, -0.2) is 4.79 Å². The van der Waals surface area contributed by atoms with Crippen LogP contribution in [0.3, 0.4) is 0 Å². The largest absolute Gasteiger partial charge is 0.361 e. The number of likely N-dealkylation sites (tertiary alicyclic amines) is 1. The van der Waals surface area contributed by atoms with Gasteiger partial charge in [-0.3, -0.25) is 15.1 Å². The number of aromatic nitrogens is 1. The van der Waals surface area contributed by atoms with E-state index in [1.807, 2.05) is 20.8 Å². The fraction of sp³-hybridized carbons (Fsp3) is 0.667. The highest BCUT2D eigenvalue weighted by Gasteiger charge is 2.48. The number of hydrogen-bond acceptors (Lipinski definition) is 5. The Morgan fingerprint density at radius 1 is 1.37 bits per heavy atom. The van der Waals surface area contributed by atoms with Gasteiger partial charge in [0.15, 0.2) is 5.96 Å². The van der Waals surface area contributed by atoms with Crippen LogP contribution in [0.4, 0.5) is 4.79 Å². The number of carbonyl (C=O) groups is 2. The van der Waals surface area contributed by atoms with Gasteiger partial charge in [0.2, 0.25) is 0 Å².